The predicted molar refractivity (Wildman–Crippen MR) is 72.2 cm³/mol. The van der Waals surface area contributed by atoms with Crippen LogP contribution in [0.4, 0.5) is 5.69 Å². The van der Waals surface area contributed by atoms with Crippen LogP contribution in [0, 0.1) is 0 Å². The van der Waals surface area contributed by atoms with Crippen LogP contribution in [0.15, 0.2) is 30.3 Å². The quantitative estimate of drug-likeness (QED) is 0.867. The number of rotatable bonds is 4. The molecule has 0 heterocycles. The number of carbonyl (C=O) groups excluding carboxylic acids is 1. The highest BCUT2D eigenvalue weighted by molar-refractivity contribution is 5.81. The molecule has 94 valence electrons. The SMILES string of the molecule is CCN(CC(=O)NC(C)(C)C)c1ccccc1. The van der Waals surface area contributed by atoms with E-state index in [1.165, 1.54) is 0 Å². The van der Waals surface area contributed by atoms with E-state index in [9.17, 15) is 4.79 Å². The highest BCUT2D eigenvalue weighted by Crippen LogP contribution is 2.12. The van der Waals surface area contributed by atoms with Gasteiger partial charge in [-0.3, -0.25) is 4.79 Å². The fourth-order valence-corrected chi connectivity index (χ4v) is 1.66. The maximum atomic E-state index is 11.8. The normalized spacial score (nSPS) is 11.1. The van der Waals surface area contributed by atoms with Gasteiger partial charge in [-0.25, -0.2) is 0 Å². The van der Waals surface area contributed by atoms with Crippen LogP contribution in [0.3, 0.4) is 0 Å². The molecule has 1 aromatic rings. The Morgan fingerprint density at radius 1 is 1.24 bits per heavy atom. The molecule has 17 heavy (non-hydrogen) atoms. The van der Waals surface area contributed by atoms with Gasteiger partial charge < -0.3 is 10.2 Å². The molecule has 0 saturated heterocycles. The van der Waals surface area contributed by atoms with E-state index in [0.717, 1.165) is 12.2 Å². The van der Waals surface area contributed by atoms with Crippen LogP contribution < -0.4 is 10.2 Å². The average molecular weight is 234 g/mol. The Hall–Kier alpha value is -1.51. The summed E-state index contributed by atoms with van der Waals surface area (Å²) < 4.78 is 0. The summed E-state index contributed by atoms with van der Waals surface area (Å²) in [4.78, 5) is 13.9. The molecule has 0 saturated carbocycles. The van der Waals surface area contributed by atoms with Crippen molar-refractivity contribution in [1.82, 2.24) is 5.32 Å². The van der Waals surface area contributed by atoms with E-state index < -0.39 is 0 Å². The fourth-order valence-electron chi connectivity index (χ4n) is 1.66. The molecule has 1 rings (SSSR count). The molecule has 0 radical (unpaired) electrons. The van der Waals surface area contributed by atoms with Crippen molar-refractivity contribution in [2.45, 2.75) is 33.2 Å². The van der Waals surface area contributed by atoms with E-state index in [4.69, 9.17) is 0 Å². The molecule has 1 amide bonds. The maximum Gasteiger partial charge on any atom is 0.239 e. The lowest BCUT2D eigenvalue weighted by molar-refractivity contribution is -0.121. The molecule has 0 aliphatic heterocycles. The van der Waals surface area contributed by atoms with Crippen LogP contribution in [0.25, 0.3) is 0 Å². The molecule has 0 bridgehead atoms. The van der Waals surface area contributed by atoms with Crippen LogP contribution in [-0.2, 0) is 4.79 Å². The number of anilines is 1. The number of amides is 1. The first-order valence-corrected chi connectivity index (χ1v) is 6.03. The van der Waals surface area contributed by atoms with Gasteiger partial charge in [0.15, 0.2) is 0 Å². The van der Waals surface area contributed by atoms with E-state index in [-0.39, 0.29) is 11.4 Å². The maximum absolute atomic E-state index is 11.8. The van der Waals surface area contributed by atoms with Gasteiger partial charge in [0.2, 0.25) is 5.91 Å². The lowest BCUT2D eigenvalue weighted by atomic mass is 10.1. The van der Waals surface area contributed by atoms with Crippen molar-refractivity contribution in [3.63, 3.8) is 0 Å². The number of nitrogens with one attached hydrogen (secondary N) is 1. The van der Waals surface area contributed by atoms with E-state index in [1.54, 1.807) is 0 Å². The molecule has 0 atom stereocenters. The third-order valence-electron chi connectivity index (χ3n) is 2.35. The van der Waals surface area contributed by atoms with Crippen molar-refractivity contribution in [3.05, 3.63) is 30.3 Å². The Bertz CT molecular complexity index is 354. The van der Waals surface area contributed by atoms with Gasteiger partial charge in [0, 0.05) is 17.8 Å². The van der Waals surface area contributed by atoms with Crippen LogP contribution in [0.5, 0.6) is 0 Å². The summed E-state index contributed by atoms with van der Waals surface area (Å²) in [6, 6.07) is 9.99. The number of carbonyl (C=O) groups is 1. The van der Waals surface area contributed by atoms with Gasteiger partial charge in [-0.2, -0.15) is 0 Å². The van der Waals surface area contributed by atoms with Gasteiger partial charge in [0.05, 0.1) is 6.54 Å². The summed E-state index contributed by atoms with van der Waals surface area (Å²) in [5.74, 6) is 0.0585. The molecule has 0 aliphatic rings. The average Bonchev–Trinajstić information content (AvgIpc) is 2.24. The van der Waals surface area contributed by atoms with Crippen LogP contribution in [0.1, 0.15) is 27.7 Å². The number of nitrogens with zero attached hydrogens (tertiary/aromatic N) is 1. The summed E-state index contributed by atoms with van der Waals surface area (Å²) in [6.07, 6.45) is 0. The third kappa shape index (κ3) is 4.89. The minimum absolute atomic E-state index is 0.0585. The summed E-state index contributed by atoms with van der Waals surface area (Å²) >= 11 is 0. The van der Waals surface area contributed by atoms with E-state index >= 15 is 0 Å². The van der Waals surface area contributed by atoms with Gasteiger partial charge >= 0.3 is 0 Å². The van der Waals surface area contributed by atoms with Crippen molar-refractivity contribution in [1.29, 1.82) is 0 Å². The summed E-state index contributed by atoms with van der Waals surface area (Å²) in [5.41, 5.74) is 0.909. The third-order valence-corrected chi connectivity index (χ3v) is 2.35. The molecule has 0 spiro atoms. The second-order valence-corrected chi connectivity index (χ2v) is 5.15. The number of para-hydroxylation sites is 1. The Labute approximate surface area is 104 Å². The first-order valence-electron chi connectivity index (χ1n) is 6.03. The summed E-state index contributed by atoms with van der Waals surface area (Å²) in [6.45, 7) is 9.24. The first-order chi connectivity index (χ1) is 7.92. The molecular weight excluding hydrogens is 212 g/mol. The molecule has 0 aromatic heterocycles. The zero-order valence-corrected chi connectivity index (χ0v) is 11.2. The van der Waals surface area contributed by atoms with E-state index in [2.05, 4.69) is 17.1 Å². The fraction of sp³-hybridized carbons (Fsp3) is 0.500. The molecule has 0 aliphatic carbocycles. The van der Waals surface area contributed by atoms with Crippen LogP contribution in [0.2, 0.25) is 0 Å². The number of benzene rings is 1. The van der Waals surface area contributed by atoms with Crippen molar-refractivity contribution in [2.24, 2.45) is 0 Å². The van der Waals surface area contributed by atoms with Crippen molar-refractivity contribution in [2.75, 3.05) is 18.0 Å². The Morgan fingerprint density at radius 2 is 1.82 bits per heavy atom. The van der Waals surface area contributed by atoms with Gasteiger partial charge in [-0.05, 0) is 39.8 Å². The Balaban J connectivity index is 2.62. The van der Waals surface area contributed by atoms with Crippen molar-refractivity contribution >= 4 is 11.6 Å². The standard InChI is InChI=1S/C14H22N2O/c1-5-16(12-9-7-6-8-10-12)11-13(17)15-14(2,3)4/h6-10H,5,11H2,1-4H3,(H,15,17). The molecule has 1 N–H and O–H groups in total. The van der Waals surface area contributed by atoms with Crippen LogP contribution in [-0.4, -0.2) is 24.5 Å². The molecule has 0 fully saturated rings. The summed E-state index contributed by atoms with van der Waals surface area (Å²) in [5, 5.41) is 2.97. The second-order valence-electron chi connectivity index (χ2n) is 5.15. The molecular formula is C14H22N2O. The lowest BCUT2D eigenvalue weighted by Gasteiger charge is -2.26. The minimum Gasteiger partial charge on any atom is -0.363 e. The molecule has 1 aromatic carbocycles. The molecule has 0 unspecified atom stereocenters. The zero-order chi connectivity index (χ0) is 12.9. The lowest BCUT2D eigenvalue weighted by Crippen LogP contribution is -2.46. The van der Waals surface area contributed by atoms with Gasteiger partial charge in [0.25, 0.3) is 0 Å². The number of hydrogen-bond donors (Lipinski definition) is 1. The minimum atomic E-state index is -0.173. The second kappa shape index (κ2) is 5.71. The smallest absolute Gasteiger partial charge is 0.239 e. The topological polar surface area (TPSA) is 32.3 Å². The van der Waals surface area contributed by atoms with E-state index in [0.29, 0.717) is 6.54 Å². The molecule has 3 heteroatoms. The van der Waals surface area contributed by atoms with Gasteiger partial charge in [-0.1, -0.05) is 18.2 Å². The van der Waals surface area contributed by atoms with E-state index in [1.807, 2.05) is 51.1 Å². The number of likely N-dealkylation sites (N-methyl/N-ethyl adjacent to an activating group) is 1. The predicted octanol–water partition coefficient (Wildman–Crippen LogP) is 2.43. The Kier molecular flexibility index (Phi) is 4.55. The first kappa shape index (κ1) is 13.6. The zero-order valence-electron chi connectivity index (χ0n) is 11.2. The van der Waals surface area contributed by atoms with Crippen LogP contribution >= 0.6 is 0 Å². The number of hydrogen-bond acceptors (Lipinski definition) is 2. The van der Waals surface area contributed by atoms with Crippen molar-refractivity contribution in [3.8, 4) is 0 Å². The Morgan fingerprint density at radius 3 is 2.29 bits per heavy atom. The largest absolute Gasteiger partial charge is 0.363 e. The monoisotopic (exact) mass is 234 g/mol. The van der Waals surface area contributed by atoms with Gasteiger partial charge in [0.1, 0.15) is 0 Å². The van der Waals surface area contributed by atoms with Crippen molar-refractivity contribution < 1.29 is 4.79 Å². The highest BCUT2D eigenvalue weighted by Gasteiger charge is 2.16. The highest BCUT2D eigenvalue weighted by atomic mass is 16.2. The molecule has 3 nitrogen and oxygen atoms in total. The summed E-state index contributed by atoms with van der Waals surface area (Å²) in [7, 11) is 0. The van der Waals surface area contributed by atoms with Gasteiger partial charge in [-0.15, -0.1) is 0 Å².